The SMILES string of the molecule is Cc1cc(OCCCc2c3n(c4c(-c5c(C)nn(C)c5C)c(Cl)ccc24)C(C)C(C)N(Cc2cccc(C(=O)O)c2)C3=O)cc(C)c1Cl. The standard InChI is InChI=1S/C38H40Cl2N4O4/c1-20-16-28(17-21(2)34(20)40)48-15-9-12-29-30-13-14-31(39)33(32-22(3)41-42(7)25(32)6)35(30)44-24(5)23(4)43(37(45)36(29)44)19-26-10-8-11-27(18-26)38(46)47/h8,10-11,13-14,16-18,23-24H,9,12,15,19H2,1-7H3,(H,46,47). The Kier molecular flexibility index (Phi) is 9.09. The molecule has 48 heavy (non-hydrogen) atoms. The first-order chi connectivity index (χ1) is 22.8. The minimum atomic E-state index is -0.998. The summed E-state index contributed by atoms with van der Waals surface area (Å²) in [5.41, 5.74) is 9.10. The molecule has 1 aliphatic heterocycles. The minimum Gasteiger partial charge on any atom is -0.494 e. The maximum absolute atomic E-state index is 14.7. The van der Waals surface area contributed by atoms with Gasteiger partial charge in [0.05, 0.1) is 40.5 Å². The summed E-state index contributed by atoms with van der Waals surface area (Å²) in [6, 6.07) is 14.3. The molecule has 0 saturated heterocycles. The number of hydrogen-bond acceptors (Lipinski definition) is 4. The van der Waals surface area contributed by atoms with E-state index in [9.17, 15) is 14.7 Å². The first-order valence-electron chi connectivity index (χ1n) is 16.2. The largest absolute Gasteiger partial charge is 0.494 e. The van der Waals surface area contributed by atoms with Crippen molar-refractivity contribution >= 4 is 46.0 Å². The monoisotopic (exact) mass is 686 g/mol. The molecule has 5 aromatic rings. The number of nitrogens with zero attached hydrogens (tertiary/aromatic N) is 4. The number of aryl methyl sites for hydroxylation is 5. The van der Waals surface area contributed by atoms with E-state index in [0.29, 0.717) is 36.7 Å². The first-order valence-corrected chi connectivity index (χ1v) is 16.9. The lowest BCUT2D eigenvalue weighted by Crippen LogP contribution is -2.48. The Morgan fingerprint density at radius 1 is 0.979 bits per heavy atom. The molecule has 10 heteroatoms. The zero-order valence-electron chi connectivity index (χ0n) is 28.3. The molecule has 2 aromatic heterocycles. The van der Waals surface area contributed by atoms with E-state index in [0.717, 1.165) is 66.4 Å². The van der Waals surface area contributed by atoms with Gasteiger partial charge in [-0.25, -0.2) is 4.79 Å². The normalized spacial score (nSPS) is 16.1. The summed E-state index contributed by atoms with van der Waals surface area (Å²) >= 11 is 13.4. The fraction of sp³-hybridized carbons (Fsp3) is 0.342. The van der Waals surface area contributed by atoms with E-state index in [-0.39, 0.29) is 23.6 Å². The van der Waals surface area contributed by atoms with Gasteiger partial charge in [0.15, 0.2) is 0 Å². The van der Waals surface area contributed by atoms with Gasteiger partial charge in [-0.05, 0) is 107 Å². The van der Waals surface area contributed by atoms with E-state index in [1.54, 1.807) is 18.2 Å². The molecule has 6 rings (SSSR count). The van der Waals surface area contributed by atoms with E-state index in [2.05, 4.69) is 11.5 Å². The molecule has 2 atom stereocenters. The Morgan fingerprint density at radius 3 is 2.33 bits per heavy atom. The second kappa shape index (κ2) is 13.0. The molecule has 0 bridgehead atoms. The molecular formula is C38H40Cl2N4O4. The number of carboxylic acids is 1. The first kappa shape index (κ1) is 33.6. The number of carboxylic acid groups (broad SMARTS) is 1. The van der Waals surface area contributed by atoms with Gasteiger partial charge < -0.3 is 19.3 Å². The van der Waals surface area contributed by atoms with Gasteiger partial charge in [0, 0.05) is 40.8 Å². The number of halogens is 2. The van der Waals surface area contributed by atoms with Crippen LogP contribution in [-0.4, -0.2) is 48.9 Å². The average molecular weight is 688 g/mol. The van der Waals surface area contributed by atoms with Gasteiger partial charge in [-0.1, -0.05) is 41.4 Å². The molecule has 0 aliphatic carbocycles. The van der Waals surface area contributed by atoms with Gasteiger partial charge in [0.25, 0.3) is 5.91 Å². The molecule has 1 N–H and O–H groups in total. The maximum atomic E-state index is 14.7. The minimum absolute atomic E-state index is 0.0981. The molecule has 1 amide bonds. The van der Waals surface area contributed by atoms with Crippen LogP contribution in [0.5, 0.6) is 5.75 Å². The summed E-state index contributed by atoms with van der Waals surface area (Å²) in [7, 11) is 1.92. The van der Waals surface area contributed by atoms with Gasteiger partial charge in [0.1, 0.15) is 11.4 Å². The second-order valence-corrected chi connectivity index (χ2v) is 13.7. The number of ether oxygens (including phenoxy) is 1. The average Bonchev–Trinajstić information content (AvgIpc) is 3.51. The zero-order chi connectivity index (χ0) is 34.6. The van der Waals surface area contributed by atoms with Crippen molar-refractivity contribution in [3.8, 4) is 16.9 Å². The molecule has 0 spiro atoms. The Labute approximate surface area is 290 Å². The van der Waals surface area contributed by atoms with E-state index < -0.39 is 5.97 Å². The summed E-state index contributed by atoms with van der Waals surface area (Å²) in [4.78, 5) is 28.3. The Hall–Kier alpha value is -4.27. The van der Waals surface area contributed by atoms with Crippen LogP contribution in [0.1, 0.15) is 80.8 Å². The van der Waals surface area contributed by atoms with Crippen molar-refractivity contribution in [3.63, 3.8) is 0 Å². The van der Waals surface area contributed by atoms with E-state index in [4.69, 9.17) is 33.0 Å². The van der Waals surface area contributed by atoms with Gasteiger partial charge in [0.2, 0.25) is 0 Å². The van der Waals surface area contributed by atoms with Crippen LogP contribution in [0, 0.1) is 27.7 Å². The Morgan fingerprint density at radius 2 is 1.69 bits per heavy atom. The van der Waals surface area contributed by atoms with Gasteiger partial charge in [-0.2, -0.15) is 5.10 Å². The highest BCUT2D eigenvalue weighted by Crippen LogP contribution is 2.45. The molecular weight excluding hydrogens is 647 g/mol. The number of carbonyl (C=O) groups is 2. The van der Waals surface area contributed by atoms with Crippen LogP contribution >= 0.6 is 23.2 Å². The van der Waals surface area contributed by atoms with E-state index in [1.165, 1.54) is 0 Å². The summed E-state index contributed by atoms with van der Waals surface area (Å²) in [5, 5.41) is 16.6. The summed E-state index contributed by atoms with van der Waals surface area (Å²) in [6.07, 6.45) is 1.28. The molecule has 3 heterocycles. The van der Waals surface area contributed by atoms with E-state index >= 15 is 0 Å². The van der Waals surface area contributed by atoms with Gasteiger partial charge >= 0.3 is 5.97 Å². The van der Waals surface area contributed by atoms with Crippen molar-refractivity contribution < 1.29 is 19.4 Å². The van der Waals surface area contributed by atoms with Crippen molar-refractivity contribution in [2.45, 2.75) is 73.0 Å². The smallest absolute Gasteiger partial charge is 0.335 e. The number of amides is 1. The number of carbonyl (C=O) groups excluding carboxylic acids is 1. The molecule has 2 unspecified atom stereocenters. The van der Waals surface area contributed by atoms with Crippen molar-refractivity contribution in [2.75, 3.05) is 6.61 Å². The molecule has 1 aliphatic rings. The van der Waals surface area contributed by atoms with Crippen molar-refractivity contribution in [1.82, 2.24) is 19.2 Å². The van der Waals surface area contributed by atoms with Crippen LogP contribution in [0.25, 0.3) is 22.0 Å². The fourth-order valence-corrected chi connectivity index (χ4v) is 7.51. The zero-order valence-corrected chi connectivity index (χ0v) is 29.8. The van der Waals surface area contributed by atoms with Crippen molar-refractivity contribution in [2.24, 2.45) is 7.05 Å². The number of benzene rings is 3. The highest BCUT2D eigenvalue weighted by molar-refractivity contribution is 6.35. The molecule has 250 valence electrons. The maximum Gasteiger partial charge on any atom is 0.335 e. The number of hydrogen-bond donors (Lipinski definition) is 1. The number of aromatic nitrogens is 3. The quantitative estimate of drug-likeness (QED) is 0.156. The molecule has 0 fully saturated rings. The predicted octanol–water partition coefficient (Wildman–Crippen LogP) is 8.90. The van der Waals surface area contributed by atoms with Crippen LogP contribution in [0.3, 0.4) is 0 Å². The summed E-state index contributed by atoms with van der Waals surface area (Å²) in [5.74, 6) is -0.329. The molecule has 0 saturated carbocycles. The van der Waals surface area contributed by atoms with Gasteiger partial charge in [-0.15, -0.1) is 0 Å². The Balaban J connectivity index is 1.46. The van der Waals surface area contributed by atoms with Crippen LogP contribution in [0.15, 0.2) is 48.5 Å². The van der Waals surface area contributed by atoms with E-state index in [1.807, 2.05) is 81.6 Å². The lowest BCUT2D eigenvalue weighted by atomic mass is 9.98. The topological polar surface area (TPSA) is 89.6 Å². The molecule has 8 nitrogen and oxygen atoms in total. The van der Waals surface area contributed by atoms with Crippen LogP contribution < -0.4 is 4.74 Å². The lowest BCUT2D eigenvalue weighted by Gasteiger charge is -2.40. The van der Waals surface area contributed by atoms with Crippen molar-refractivity contribution in [1.29, 1.82) is 0 Å². The second-order valence-electron chi connectivity index (χ2n) is 12.9. The van der Waals surface area contributed by atoms with Gasteiger partial charge in [-0.3, -0.25) is 9.48 Å². The number of fused-ring (bicyclic) bond motifs is 3. The number of rotatable bonds is 9. The summed E-state index contributed by atoms with van der Waals surface area (Å²) < 4.78 is 10.2. The van der Waals surface area contributed by atoms with Crippen LogP contribution in [0.2, 0.25) is 10.0 Å². The summed E-state index contributed by atoms with van der Waals surface area (Å²) in [6.45, 7) is 12.9. The van der Waals surface area contributed by atoms with Crippen LogP contribution in [0.4, 0.5) is 0 Å². The predicted molar refractivity (Wildman–Crippen MR) is 191 cm³/mol. The highest BCUT2D eigenvalue weighted by atomic mass is 35.5. The third-order valence-electron chi connectivity index (χ3n) is 9.82. The molecule has 0 radical (unpaired) electrons. The third-order valence-corrected chi connectivity index (χ3v) is 10.7. The fourth-order valence-electron chi connectivity index (χ4n) is 7.15. The van der Waals surface area contributed by atoms with Crippen LogP contribution in [-0.2, 0) is 20.0 Å². The van der Waals surface area contributed by atoms with Crippen molar-refractivity contribution in [3.05, 3.63) is 103 Å². The number of aromatic carboxylic acids is 1. The Bertz CT molecular complexity index is 2070. The highest BCUT2D eigenvalue weighted by Gasteiger charge is 2.40. The molecule has 3 aromatic carbocycles. The third kappa shape index (κ3) is 5.75. The lowest BCUT2D eigenvalue weighted by molar-refractivity contribution is 0.0545.